The molecule has 0 radical (unpaired) electrons. The molecule has 2 heterocycles. The van der Waals surface area contributed by atoms with Gasteiger partial charge >= 0.3 is 5.97 Å². The summed E-state index contributed by atoms with van der Waals surface area (Å²) in [4.78, 5) is 43.3. The topological polar surface area (TPSA) is 93.7 Å². The number of hydrogen-bond acceptors (Lipinski definition) is 3. The number of amides is 2. The van der Waals surface area contributed by atoms with Gasteiger partial charge in [0, 0.05) is 43.5 Å². The van der Waals surface area contributed by atoms with E-state index in [1.807, 2.05) is 30.3 Å². The predicted molar refractivity (Wildman–Crippen MR) is 99.3 cm³/mol. The van der Waals surface area contributed by atoms with Gasteiger partial charge in [0.15, 0.2) is 0 Å². The summed E-state index contributed by atoms with van der Waals surface area (Å²) in [6.45, 7) is 1.81. The number of carboxylic acids is 1. The van der Waals surface area contributed by atoms with Crippen LogP contribution in [-0.2, 0) is 9.59 Å². The highest BCUT2D eigenvalue weighted by Crippen LogP contribution is 2.44. The minimum atomic E-state index is -0.867. The second kappa shape index (κ2) is 6.72. The van der Waals surface area contributed by atoms with Crippen LogP contribution in [0.1, 0.15) is 36.2 Å². The molecule has 1 aromatic carbocycles. The lowest BCUT2D eigenvalue weighted by Crippen LogP contribution is -2.52. The van der Waals surface area contributed by atoms with E-state index in [4.69, 9.17) is 0 Å². The van der Waals surface area contributed by atoms with Gasteiger partial charge in [-0.3, -0.25) is 14.4 Å². The molecule has 0 bridgehead atoms. The number of hydrogen-bond donors (Lipinski definition) is 2. The lowest BCUT2D eigenvalue weighted by Gasteiger charge is -2.40. The third-order valence-electron chi connectivity index (χ3n) is 5.93. The van der Waals surface area contributed by atoms with E-state index >= 15 is 0 Å². The molecule has 0 atom stereocenters. The number of aromatic nitrogens is 1. The number of carbonyl (C=O) groups is 3. The van der Waals surface area contributed by atoms with Gasteiger partial charge < -0.3 is 19.9 Å². The number of piperazine rings is 1. The molecule has 27 heavy (non-hydrogen) atoms. The molecular formula is C20H23N3O4. The van der Waals surface area contributed by atoms with Gasteiger partial charge in [0.25, 0.3) is 5.91 Å². The Kier molecular flexibility index (Phi) is 4.37. The van der Waals surface area contributed by atoms with Crippen LogP contribution in [0.15, 0.2) is 30.3 Å². The number of carbonyl (C=O) groups excluding carboxylic acids is 2. The molecule has 7 heteroatoms. The molecule has 4 rings (SSSR count). The molecule has 1 aliphatic carbocycles. The Hall–Kier alpha value is -2.83. The van der Waals surface area contributed by atoms with Crippen molar-refractivity contribution in [3.8, 4) is 0 Å². The van der Waals surface area contributed by atoms with Crippen molar-refractivity contribution in [3.05, 3.63) is 36.0 Å². The quantitative estimate of drug-likeness (QED) is 0.863. The van der Waals surface area contributed by atoms with Gasteiger partial charge in [0.05, 0.1) is 5.41 Å². The van der Waals surface area contributed by atoms with E-state index in [2.05, 4.69) is 4.98 Å². The second-order valence-electron chi connectivity index (χ2n) is 7.56. The van der Waals surface area contributed by atoms with Crippen molar-refractivity contribution in [2.45, 2.75) is 25.7 Å². The van der Waals surface area contributed by atoms with Crippen LogP contribution in [0.5, 0.6) is 0 Å². The van der Waals surface area contributed by atoms with Gasteiger partial charge in [-0.1, -0.05) is 24.6 Å². The average molecular weight is 369 g/mol. The first-order chi connectivity index (χ1) is 13.0. The van der Waals surface area contributed by atoms with E-state index < -0.39 is 11.4 Å². The van der Waals surface area contributed by atoms with E-state index in [0.29, 0.717) is 44.7 Å². The van der Waals surface area contributed by atoms with Crippen LogP contribution in [0.3, 0.4) is 0 Å². The molecule has 2 fully saturated rings. The Labute approximate surface area is 156 Å². The highest BCUT2D eigenvalue weighted by atomic mass is 16.4. The number of aromatic amines is 1. The zero-order valence-corrected chi connectivity index (χ0v) is 15.1. The molecule has 0 unspecified atom stereocenters. The molecule has 1 saturated heterocycles. The summed E-state index contributed by atoms with van der Waals surface area (Å²) in [5, 5.41) is 10.4. The first kappa shape index (κ1) is 17.6. The van der Waals surface area contributed by atoms with Gasteiger partial charge in [-0.15, -0.1) is 0 Å². The van der Waals surface area contributed by atoms with E-state index in [1.54, 1.807) is 9.80 Å². The van der Waals surface area contributed by atoms with Gasteiger partial charge in [0.1, 0.15) is 5.69 Å². The summed E-state index contributed by atoms with van der Waals surface area (Å²) in [5.41, 5.74) is 0.610. The zero-order valence-electron chi connectivity index (χ0n) is 15.1. The van der Waals surface area contributed by atoms with Gasteiger partial charge in [-0.2, -0.15) is 0 Å². The maximum atomic E-state index is 12.7. The minimum absolute atomic E-state index is 0.0678. The molecule has 7 nitrogen and oxygen atoms in total. The zero-order chi connectivity index (χ0) is 19.0. The van der Waals surface area contributed by atoms with Crippen LogP contribution in [0.2, 0.25) is 0 Å². The summed E-state index contributed by atoms with van der Waals surface area (Å²) >= 11 is 0. The Bertz CT molecular complexity index is 859. The number of fused-ring (bicyclic) bond motifs is 1. The van der Waals surface area contributed by atoms with Gasteiger partial charge in [-0.05, 0) is 25.0 Å². The summed E-state index contributed by atoms with van der Waals surface area (Å²) in [6, 6.07) is 9.59. The van der Waals surface area contributed by atoms with E-state index in [1.165, 1.54) is 0 Å². The largest absolute Gasteiger partial charge is 0.481 e. The highest BCUT2D eigenvalue weighted by Gasteiger charge is 2.46. The fourth-order valence-electron chi connectivity index (χ4n) is 3.99. The van der Waals surface area contributed by atoms with Crippen molar-refractivity contribution in [2.24, 2.45) is 5.41 Å². The standard InChI is InChI=1S/C20H23N3O4/c24-17(13-20(19(26)27)6-3-7-20)22-8-10-23(11-9-22)18(25)16-12-14-4-1-2-5-15(14)21-16/h1-2,4-5,12,21H,3,6-11,13H2,(H,26,27). The third kappa shape index (κ3) is 3.18. The smallest absolute Gasteiger partial charge is 0.310 e. The third-order valence-corrected chi connectivity index (χ3v) is 5.93. The predicted octanol–water partition coefficient (Wildman–Crippen LogP) is 2.10. The molecule has 142 valence electrons. The first-order valence-corrected chi connectivity index (χ1v) is 9.37. The molecule has 1 aliphatic heterocycles. The summed E-state index contributed by atoms with van der Waals surface area (Å²) in [5.74, 6) is -1.05. The Morgan fingerprint density at radius 3 is 2.30 bits per heavy atom. The van der Waals surface area contributed by atoms with Crippen LogP contribution < -0.4 is 0 Å². The monoisotopic (exact) mass is 369 g/mol. The lowest BCUT2D eigenvalue weighted by molar-refractivity contribution is -0.159. The average Bonchev–Trinajstić information content (AvgIpc) is 3.08. The van der Waals surface area contributed by atoms with Crippen LogP contribution in [0.25, 0.3) is 10.9 Å². The summed E-state index contributed by atoms with van der Waals surface area (Å²) in [6.07, 6.45) is 2.09. The van der Waals surface area contributed by atoms with E-state index in [0.717, 1.165) is 17.3 Å². The molecule has 2 aromatic rings. The number of nitrogens with zero attached hydrogens (tertiary/aromatic N) is 2. The molecular weight excluding hydrogens is 346 g/mol. The highest BCUT2D eigenvalue weighted by molar-refractivity contribution is 5.98. The van der Waals surface area contributed by atoms with E-state index in [-0.39, 0.29) is 18.2 Å². The van der Waals surface area contributed by atoms with Crippen molar-refractivity contribution in [1.29, 1.82) is 0 Å². The first-order valence-electron chi connectivity index (χ1n) is 9.37. The van der Waals surface area contributed by atoms with Crippen LogP contribution in [-0.4, -0.2) is 63.9 Å². The molecule has 2 N–H and O–H groups in total. The number of aliphatic carboxylic acids is 1. The van der Waals surface area contributed by atoms with Crippen LogP contribution in [0, 0.1) is 5.41 Å². The number of nitrogens with one attached hydrogen (secondary N) is 1. The number of H-pyrrole nitrogens is 1. The van der Waals surface area contributed by atoms with Gasteiger partial charge in [-0.25, -0.2) is 0 Å². The Morgan fingerprint density at radius 1 is 1.04 bits per heavy atom. The maximum Gasteiger partial charge on any atom is 0.310 e. The molecule has 1 saturated carbocycles. The number of benzene rings is 1. The Morgan fingerprint density at radius 2 is 1.70 bits per heavy atom. The summed E-state index contributed by atoms with van der Waals surface area (Å²) in [7, 11) is 0. The van der Waals surface area contributed by atoms with Crippen molar-refractivity contribution in [2.75, 3.05) is 26.2 Å². The fraction of sp³-hybridized carbons (Fsp3) is 0.450. The molecule has 2 aliphatic rings. The van der Waals surface area contributed by atoms with Crippen molar-refractivity contribution in [1.82, 2.24) is 14.8 Å². The normalized spacial score (nSPS) is 19.0. The minimum Gasteiger partial charge on any atom is -0.481 e. The SMILES string of the molecule is O=C(CC1(C(=O)O)CCC1)N1CCN(C(=O)c2cc3ccccc3[nH]2)CC1. The molecule has 1 aromatic heterocycles. The number of carboxylic acid groups (broad SMARTS) is 1. The number of rotatable bonds is 4. The second-order valence-corrected chi connectivity index (χ2v) is 7.56. The van der Waals surface area contributed by atoms with Crippen molar-refractivity contribution >= 4 is 28.7 Å². The molecule has 2 amide bonds. The Balaban J connectivity index is 1.36. The summed E-state index contributed by atoms with van der Waals surface area (Å²) < 4.78 is 0. The molecule has 0 spiro atoms. The number of para-hydroxylation sites is 1. The van der Waals surface area contributed by atoms with Crippen molar-refractivity contribution in [3.63, 3.8) is 0 Å². The van der Waals surface area contributed by atoms with Gasteiger partial charge in [0.2, 0.25) is 5.91 Å². The van der Waals surface area contributed by atoms with Crippen molar-refractivity contribution < 1.29 is 19.5 Å². The maximum absolute atomic E-state index is 12.7. The lowest BCUT2D eigenvalue weighted by atomic mass is 9.66. The van der Waals surface area contributed by atoms with E-state index in [9.17, 15) is 19.5 Å². The van der Waals surface area contributed by atoms with Crippen LogP contribution in [0.4, 0.5) is 0 Å². The van der Waals surface area contributed by atoms with Crippen LogP contribution >= 0.6 is 0 Å². The fourth-order valence-corrected chi connectivity index (χ4v) is 3.99.